The van der Waals surface area contributed by atoms with Gasteiger partial charge in [-0.3, -0.25) is 0 Å². The number of para-hydroxylation sites is 1. The zero-order valence-corrected chi connectivity index (χ0v) is 30.9. The van der Waals surface area contributed by atoms with Gasteiger partial charge < -0.3 is 4.42 Å². The number of fused-ring (bicyclic) bond motifs is 6. The second-order valence-electron chi connectivity index (χ2n) is 14.0. The zero-order chi connectivity index (χ0) is 37.0. The Balaban J connectivity index is 1.07. The number of pyridine rings is 1. The maximum absolute atomic E-state index is 6.52. The van der Waals surface area contributed by atoms with Crippen molar-refractivity contribution in [3.8, 4) is 67.4 Å². The molecule has 4 aromatic heterocycles. The largest absolute Gasteiger partial charge is 0.456 e. The highest BCUT2D eigenvalue weighted by molar-refractivity contribution is 7.25. The quantitative estimate of drug-likeness (QED) is 0.171. The fourth-order valence-electron chi connectivity index (χ4n) is 7.78. The lowest BCUT2D eigenvalue weighted by atomic mass is 9.98. The van der Waals surface area contributed by atoms with Crippen LogP contribution in [0.4, 0.5) is 0 Å². The summed E-state index contributed by atoms with van der Waals surface area (Å²) in [7, 11) is 0. The van der Waals surface area contributed by atoms with Crippen LogP contribution in [0.25, 0.3) is 110 Å². The van der Waals surface area contributed by atoms with Gasteiger partial charge in [-0.15, -0.1) is 11.3 Å². The number of thiophene rings is 1. The number of hydrogen-bond acceptors (Lipinski definition) is 5. The van der Waals surface area contributed by atoms with Crippen LogP contribution in [0.3, 0.4) is 0 Å². The molecule has 0 saturated heterocycles. The third-order valence-electron chi connectivity index (χ3n) is 10.5. The predicted octanol–water partition coefficient (Wildman–Crippen LogP) is 14.1. The van der Waals surface area contributed by atoms with Crippen molar-refractivity contribution < 1.29 is 4.42 Å². The van der Waals surface area contributed by atoms with Gasteiger partial charge >= 0.3 is 0 Å². The number of hydrogen-bond donors (Lipinski definition) is 0. The Bertz CT molecular complexity index is 3220. The van der Waals surface area contributed by atoms with E-state index in [1.54, 1.807) is 11.3 Å². The summed E-state index contributed by atoms with van der Waals surface area (Å²) in [6, 6.07) is 65.5. The van der Waals surface area contributed by atoms with Crippen LogP contribution in [0.1, 0.15) is 0 Å². The number of rotatable bonds is 6. The van der Waals surface area contributed by atoms with Gasteiger partial charge in [0.1, 0.15) is 16.0 Å². The third-order valence-corrected chi connectivity index (χ3v) is 11.6. The van der Waals surface area contributed by atoms with E-state index in [1.165, 1.54) is 15.8 Å². The van der Waals surface area contributed by atoms with Crippen LogP contribution < -0.4 is 0 Å². The van der Waals surface area contributed by atoms with Crippen LogP contribution in [-0.2, 0) is 0 Å². The van der Waals surface area contributed by atoms with Crippen molar-refractivity contribution in [3.63, 3.8) is 0 Å². The Morgan fingerprint density at radius 2 is 0.911 bits per heavy atom. The Hall–Kier alpha value is -7.21. The lowest BCUT2D eigenvalue weighted by Gasteiger charge is -2.11. The molecule has 11 aromatic rings. The summed E-state index contributed by atoms with van der Waals surface area (Å²) in [5, 5.41) is 4.28. The Morgan fingerprint density at radius 1 is 0.357 bits per heavy atom. The molecule has 0 amide bonds. The third kappa shape index (κ3) is 5.56. The van der Waals surface area contributed by atoms with E-state index < -0.39 is 0 Å². The molecular weight excluding hydrogens is 703 g/mol. The molecule has 0 N–H and O–H groups in total. The van der Waals surface area contributed by atoms with Gasteiger partial charge in [-0.25, -0.2) is 15.0 Å². The van der Waals surface area contributed by atoms with E-state index in [2.05, 4.69) is 164 Å². The van der Waals surface area contributed by atoms with Crippen molar-refractivity contribution in [3.05, 3.63) is 188 Å². The van der Waals surface area contributed by atoms with Crippen molar-refractivity contribution in [2.45, 2.75) is 0 Å². The minimum absolute atomic E-state index is 0.701. The molecule has 0 atom stereocenters. The van der Waals surface area contributed by atoms with E-state index in [0.717, 1.165) is 88.0 Å². The molecule has 4 heterocycles. The molecule has 0 aliphatic carbocycles. The summed E-state index contributed by atoms with van der Waals surface area (Å²) < 4.78 is 7.71. The molecule has 0 radical (unpaired) electrons. The monoisotopic (exact) mass is 733 g/mol. The van der Waals surface area contributed by atoms with E-state index in [-0.39, 0.29) is 0 Å². The Labute approximate surface area is 327 Å². The van der Waals surface area contributed by atoms with Crippen LogP contribution in [0, 0.1) is 0 Å². The molecule has 262 valence electrons. The van der Waals surface area contributed by atoms with Gasteiger partial charge in [-0.05, 0) is 40.5 Å². The molecule has 7 aromatic carbocycles. The Morgan fingerprint density at radius 3 is 1.64 bits per heavy atom. The van der Waals surface area contributed by atoms with Crippen molar-refractivity contribution in [2.75, 3.05) is 0 Å². The molecule has 11 rings (SSSR count). The van der Waals surface area contributed by atoms with Gasteiger partial charge in [0.15, 0.2) is 5.82 Å². The first kappa shape index (κ1) is 32.2. The SMILES string of the molecule is c1ccc(-c2ccc(-c3nc(-c4cccc(-c5cc6oc7ccccc7c6c(-c6ccc(-c7ccccc7)cc6)n5)c4)c4c(n3)sc3ccccc34)cc2)cc1. The molecular formula is C51H31N3OS. The smallest absolute Gasteiger partial charge is 0.161 e. The number of furan rings is 1. The van der Waals surface area contributed by atoms with Gasteiger partial charge in [0.2, 0.25) is 0 Å². The lowest BCUT2D eigenvalue weighted by Crippen LogP contribution is -1.95. The van der Waals surface area contributed by atoms with Crippen molar-refractivity contribution >= 4 is 53.6 Å². The van der Waals surface area contributed by atoms with E-state index >= 15 is 0 Å². The van der Waals surface area contributed by atoms with Crippen LogP contribution >= 0.6 is 11.3 Å². The van der Waals surface area contributed by atoms with E-state index in [4.69, 9.17) is 19.4 Å². The van der Waals surface area contributed by atoms with Crippen molar-refractivity contribution in [2.24, 2.45) is 0 Å². The number of aromatic nitrogens is 3. The van der Waals surface area contributed by atoms with Gasteiger partial charge in [-0.2, -0.15) is 0 Å². The second kappa shape index (κ2) is 13.3. The molecule has 0 fully saturated rings. The number of benzene rings is 7. The highest BCUT2D eigenvalue weighted by atomic mass is 32.1. The molecule has 0 unspecified atom stereocenters. The standard InChI is InChI=1S/C51H31N3OS/c1-3-12-32(13-4-1)34-22-26-36(27-23-34)48-46-40-18-7-9-20-43(40)55-44(46)31-42(52-48)38-16-11-17-39(30-38)49-47-41-19-8-10-21-45(41)56-51(47)54-50(53-49)37-28-24-35(25-29-37)33-14-5-2-6-15-33/h1-31H. The van der Waals surface area contributed by atoms with Gasteiger partial charge in [-0.1, -0.05) is 164 Å². The summed E-state index contributed by atoms with van der Waals surface area (Å²) in [4.78, 5) is 16.9. The maximum atomic E-state index is 6.52. The van der Waals surface area contributed by atoms with Crippen LogP contribution in [0.2, 0.25) is 0 Å². The summed E-state index contributed by atoms with van der Waals surface area (Å²) in [5.74, 6) is 0.701. The fourth-order valence-corrected chi connectivity index (χ4v) is 8.86. The predicted molar refractivity (Wildman–Crippen MR) is 233 cm³/mol. The summed E-state index contributed by atoms with van der Waals surface area (Å²) >= 11 is 1.71. The lowest BCUT2D eigenvalue weighted by molar-refractivity contribution is 0.669. The van der Waals surface area contributed by atoms with Gasteiger partial charge in [0.25, 0.3) is 0 Å². The molecule has 0 bridgehead atoms. The Kier molecular flexibility index (Phi) is 7.64. The first-order chi connectivity index (χ1) is 27.7. The summed E-state index contributed by atoms with van der Waals surface area (Å²) in [6.45, 7) is 0. The molecule has 5 heteroatoms. The molecule has 4 nitrogen and oxygen atoms in total. The topological polar surface area (TPSA) is 51.8 Å². The van der Waals surface area contributed by atoms with Crippen LogP contribution in [0.15, 0.2) is 192 Å². The molecule has 0 saturated carbocycles. The average molecular weight is 734 g/mol. The minimum atomic E-state index is 0.701. The first-order valence-corrected chi connectivity index (χ1v) is 19.5. The average Bonchev–Trinajstić information content (AvgIpc) is 3.85. The first-order valence-electron chi connectivity index (χ1n) is 18.7. The van der Waals surface area contributed by atoms with Crippen molar-refractivity contribution in [1.29, 1.82) is 0 Å². The number of nitrogens with zero attached hydrogens (tertiary/aromatic N) is 3. The second-order valence-corrected chi connectivity index (χ2v) is 15.0. The van der Waals surface area contributed by atoms with Gasteiger partial charge in [0, 0.05) is 49.2 Å². The summed E-state index contributed by atoms with van der Waals surface area (Å²) in [6.07, 6.45) is 0. The maximum Gasteiger partial charge on any atom is 0.161 e. The van der Waals surface area contributed by atoms with Gasteiger partial charge in [0.05, 0.1) is 22.5 Å². The molecule has 0 aliphatic rings. The van der Waals surface area contributed by atoms with E-state index in [9.17, 15) is 0 Å². The van der Waals surface area contributed by atoms with Crippen LogP contribution in [-0.4, -0.2) is 15.0 Å². The normalized spacial score (nSPS) is 11.6. The molecule has 56 heavy (non-hydrogen) atoms. The molecule has 0 aliphatic heterocycles. The molecule has 0 spiro atoms. The van der Waals surface area contributed by atoms with E-state index in [0.29, 0.717) is 5.82 Å². The van der Waals surface area contributed by atoms with E-state index in [1.807, 2.05) is 24.3 Å². The zero-order valence-electron chi connectivity index (χ0n) is 30.1. The minimum Gasteiger partial charge on any atom is -0.456 e. The highest BCUT2D eigenvalue weighted by Gasteiger charge is 2.20. The van der Waals surface area contributed by atoms with Crippen molar-refractivity contribution in [1.82, 2.24) is 15.0 Å². The van der Waals surface area contributed by atoms with Crippen LogP contribution in [0.5, 0.6) is 0 Å². The summed E-state index contributed by atoms with van der Waals surface area (Å²) in [5.41, 5.74) is 12.9. The fraction of sp³-hybridized carbons (Fsp3) is 0. The highest BCUT2D eigenvalue weighted by Crippen LogP contribution is 2.42.